The van der Waals surface area contributed by atoms with E-state index >= 15 is 0 Å². The second kappa shape index (κ2) is 6.74. The molecule has 20 heavy (non-hydrogen) atoms. The van der Waals surface area contributed by atoms with Crippen molar-refractivity contribution in [3.05, 3.63) is 17.7 Å². The molecule has 0 amide bonds. The van der Waals surface area contributed by atoms with Crippen molar-refractivity contribution in [2.45, 2.75) is 25.5 Å². The Morgan fingerprint density at radius 3 is 1.90 bits per heavy atom. The van der Waals surface area contributed by atoms with E-state index in [1.54, 1.807) is 39.7 Å². The number of nitrogens with zero attached hydrogens (tertiary/aromatic N) is 1. The van der Waals surface area contributed by atoms with Gasteiger partial charge in [-0.2, -0.15) is 4.40 Å². The van der Waals surface area contributed by atoms with E-state index in [0.717, 1.165) is 5.56 Å². The fraction of sp³-hybridized carbons (Fsp3) is 0.500. The molecule has 0 radical (unpaired) electrons. The summed E-state index contributed by atoms with van der Waals surface area (Å²) in [5.74, 6) is 1.59. The molecule has 1 atom stereocenters. The van der Waals surface area contributed by atoms with Gasteiger partial charge in [0.05, 0.1) is 26.1 Å². The number of benzene rings is 1. The molecule has 0 saturated heterocycles. The second-order valence-corrected chi connectivity index (χ2v) is 6.99. The van der Waals surface area contributed by atoms with Gasteiger partial charge in [0.1, 0.15) is 11.0 Å². The van der Waals surface area contributed by atoms with Gasteiger partial charge in [-0.15, -0.1) is 0 Å². The Balaban J connectivity index is 3.14. The molecule has 1 rings (SSSR count). The van der Waals surface area contributed by atoms with Crippen molar-refractivity contribution < 1.29 is 18.4 Å². The molecule has 0 spiro atoms. The first kappa shape index (κ1) is 16.5. The summed E-state index contributed by atoms with van der Waals surface area (Å²) in [7, 11) is 3.33. The van der Waals surface area contributed by atoms with Crippen LogP contribution in [0, 0.1) is 0 Å². The van der Waals surface area contributed by atoms with E-state index in [1.165, 1.54) is 0 Å². The lowest BCUT2D eigenvalue weighted by Gasteiger charge is -2.14. The van der Waals surface area contributed by atoms with E-state index < -0.39 is 15.7 Å². The van der Waals surface area contributed by atoms with Crippen molar-refractivity contribution in [1.29, 1.82) is 0 Å². The SMILES string of the molecule is COc1cc(/C=N/S(=O)C(C)(C)C)cc(OC)c1OC. The Bertz CT molecular complexity index is 495. The molecule has 1 unspecified atom stereocenters. The van der Waals surface area contributed by atoms with Gasteiger partial charge in [-0.25, -0.2) is 4.21 Å². The third-order valence-electron chi connectivity index (χ3n) is 2.51. The standard InChI is InChI=1S/C14H21NO4S/c1-14(2,3)20(16)15-9-10-7-11(17-4)13(19-6)12(8-10)18-5/h7-9H,1-6H3/b15-9+. The Kier molecular flexibility index (Phi) is 5.56. The van der Waals surface area contributed by atoms with Crippen LogP contribution in [0.4, 0.5) is 0 Å². The molecule has 0 heterocycles. The minimum Gasteiger partial charge on any atom is -0.493 e. The van der Waals surface area contributed by atoms with E-state index in [0.29, 0.717) is 17.2 Å². The Morgan fingerprint density at radius 2 is 1.55 bits per heavy atom. The van der Waals surface area contributed by atoms with Gasteiger partial charge in [0.15, 0.2) is 11.5 Å². The van der Waals surface area contributed by atoms with Gasteiger partial charge in [0, 0.05) is 11.8 Å². The molecule has 0 aromatic heterocycles. The van der Waals surface area contributed by atoms with E-state index in [-0.39, 0.29) is 0 Å². The fourth-order valence-electron chi connectivity index (χ4n) is 1.44. The van der Waals surface area contributed by atoms with Crippen LogP contribution in [0.15, 0.2) is 16.5 Å². The second-order valence-electron chi connectivity index (χ2n) is 5.05. The molecule has 0 aliphatic heterocycles. The maximum absolute atomic E-state index is 11.9. The van der Waals surface area contributed by atoms with Gasteiger partial charge in [0.2, 0.25) is 5.75 Å². The van der Waals surface area contributed by atoms with Crippen molar-refractivity contribution in [3.63, 3.8) is 0 Å². The average Bonchev–Trinajstić information content (AvgIpc) is 2.42. The topological polar surface area (TPSA) is 57.1 Å². The highest BCUT2D eigenvalue weighted by atomic mass is 32.2. The van der Waals surface area contributed by atoms with Crippen molar-refractivity contribution in [2.75, 3.05) is 21.3 Å². The Labute approximate surface area is 122 Å². The lowest BCUT2D eigenvalue weighted by Crippen LogP contribution is -2.19. The maximum atomic E-state index is 11.9. The van der Waals surface area contributed by atoms with Gasteiger partial charge >= 0.3 is 0 Å². The summed E-state index contributed by atoms with van der Waals surface area (Å²) in [6.45, 7) is 5.61. The molecule has 0 fully saturated rings. The highest BCUT2D eigenvalue weighted by molar-refractivity contribution is 7.85. The molecule has 6 heteroatoms. The number of hydrogen-bond donors (Lipinski definition) is 0. The molecule has 0 N–H and O–H groups in total. The van der Waals surface area contributed by atoms with E-state index in [1.807, 2.05) is 20.8 Å². The first-order valence-corrected chi connectivity index (χ1v) is 7.20. The summed E-state index contributed by atoms with van der Waals surface area (Å²) >= 11 is 0. The summed E-state index contributed by atoms with van der Waals surface area (Å²) < 4.78 is 31.3. The monoisotopic (exact) mass is 299 g/mol. The highest BCUT2D eigenvalue weighted by Crippen LogP contribution is 2.37. The van der Waals surface area contributed by atoms with E-state index in [2.05, 4.69) is 4.40 Å². The van der Waals surface area contributed by atoms with Crippen LogP contribution >= 0.6 is 0 Å². The minimum atomic E-state index is -1.31. The quantitative estimate of drug-likeness (QED) is 0.784. The molecule has 0 aliphatic rings. The average molecular weight is 299 g/mol. The molecule has 1 aromatic carbocycles. The fourth-order valence-corrected chi connectivity index (χ4v) is 1.98. The lowest BCUT2D eigenvalue weighted by molar-refractivity contribution is 0.324. The van der Waals surface area contributed by atoms with Crippen LogP contribution < -0.4 is 14.2 Å². The number of hydrogen-bond acceptors (Lipinski definition) is 4. The number of methoxy groups -OCH3 is 3. The van der Waals surface area contributed by atoms with Crippen LogP contribution in [0.2, 0.25) is 0 Å². The third-order valence-corrected chi connectivity index (χ3v) is 3.85. The molecule has 5 nitrogen and oxygen atoms in total. The Morgan fingerprint density at radius 1 is 1.05 bits per heavy atom. The van der Waals surface area contributed by atoms with Gasteiger partial charge < -0.3 is 14.2 Å². The summed E-state index contributed by atoms with van der Waals surface area (Å²) in [5.41, 5.74) is 0.733. The summed E-state index contributed by atoms with van der Waals surface area (Å²) in [6.07, 6.45) is 1.55. The molecular weight excluding hydrogens is 278 g/mol. The summed E-state index contributed by atoms with van der Waals surface area (Å²) in [5, 5.41) is 0. The van der Waals surface area contributed by atoms with Crippen LogP contribution in [0.1, 0.15) is 26.3 Å². The van der Waals surface area contributed by atoms with Crippen molar-refractivity contribution in [1.82, 2.24) is 0 Å². The van der Waals surface area contributed by atoms with Crippen molar-refractivity contribution in [2.24, 2.45) is 4.40 Å². The van der Waals surface area contributed by atoms with Crippen LogP contribution in [0.3, 0.4) is 0 Å². The smallest absolute Gasteiger partial charge is 0.203 e. The zero-order valence-corrected chi connectivity index (χ0v) is 13.5. The third kappa shape index (κ3) is 3.96. The number of rotatable bonds is 5. The number of ether oxygens (including phenoxy) is 3. The van der Waals surface area contributed by atoms with Gasteiger partial charge in [-0.3, -0.25) is 0 Å². The van der Waals surface area contributed by atoms with Crippen molar-refractivity contribution in [3.8, 4) is 17.2 Å². The first-order valence-electron chi connectivity index (χ1n) is 6.09. The van der Waals surface area contributed by atoms with E-state index in [9.17, 15) is 4.21 Å². The van der Waals surface area contributed by atoms with Crippen LogP contribution in [0.5, 0.6) is 17.2 Å². The van der Waals surface area contributed by atoms with Gasteiger partial charge in [0.25, 0.3) is 0 Å². The van der Waals surface area contributed by atoms with E-state index in [4.69, 9.17) is 14.2 Å². The molecular formula is C14H21NO4S. The summed E-state index contributed by atoms with van der Waals surface area (Å²) in [4.78, 5) is 0. The zero-order chi connectivity index (χ0) is 15.3. The first-order chi connectivity index (χ1) is 9.33. The molecule has 112 valence electrons. The molecule has 0 saturated carbocycles. The molecule has 1 aromatic rings. The normalized spacial score (nSPS) is 13.3. The Hall–Kier alpha value is -1.56. The highest BCUT2D eigenvalue weighted by Gasteiger charge is 2.18. The van der Waals surface area contributed by atoms with Crippen LogP contribution in [0.25, 0.3) is 0 Å². The van der Waals surface area contributed by atoms with Crippen molar-refractivity contribution >= 4 is 17.2 Å². The lowest BCUT2D eigenvalue weighted by atomic mass is 10.2. The predicted molar refractivity (Wildman–Crippen MR) is 81.6 cm³/mol. The summed E-state index contributed by atoms with van der Waals surface area (Å²) in [6, 6.07) is 3.51. The van der Waals surface area contributed by atoms with Gasteiger partial charge in [-0.05, 0) is 32.9 Å². The molecule has 0 aliphatic carbocycles. The zero-order valence-electron chi connectivity index (χ0n) is 12.7. The largest absolute Gasteiger partial charge is 0.493 e. The molecule has 0 bridgehead atoms. The van der Waals surface area contributed by atoms with Crippen LogP contribution in [-0.2, 0) is 11.0 Å². The van der Waals surface area contributed by atoms with Crippen LogP contribution in [-0.4, -0.2) is 36.5 Å². The minimum absolute atomic E-state index is 0.392. The maximum Gasteiger partial charge on any atom is 0.203 e. The predicted octanol–water partition coefficient (Wildman–Crippen LogP) is 2.59. The van der Waals surface area contributed by atoms with Gasteiger partial charge in [-0.1, -0.05) is 0 Å².